The first-order valence-corrected chi connectivity index (χ1v) is 26.2. The second kappa shape index (κ2) is 26.2. The summed E-state index contributed by atoms with van der Waals surface area (Å²) in [6.07, 6.45) is 0.923. The van der Waals surface area contributed by atoms with Crippen LogP contribution in [-0.4, -0.2) is 189 Å². The number of aliphatic hydroxyl groups excluding tert-OH is 3. The van der Waals surface area contributed by atoms with Gasteiger partial charge in [0, 0.05) is 61.2 Å². The van der Waals surface area contributed by atoms with Crippen molar-refractivity contribution in [1.82, 2.24) is 52.0 Å². The zero-order valence-corrected chi connectivity index (χ0v) is 43.2. The van der Waals surface area contributed by atoms with Crippen LogP contribution in [0.5, 0.6) is 5.75 Å². The number of rotatable bonds is 16. The Morgan fingerprint density at radius 1 is 0.882 bits per heavy atom. The summed E-state index contributed by atoms with van der Waals surface area (Å²) in [6.45, 7) is 2.50. The summed E-state index contributed by atoms with van der Waals surface area (Å²) in [5, 5.41) is 51.1. The second-order valence-electron chi connectivity index (χ2n) is 19.4. The molecule has 76 heavy (non-hydrogen) atoms. The summed E-state index contributed by atoms with van der Waals surface area (Å²) >= 11 is 0.977. The van der Waals surface area contributed by atoms with Crippen LogP contribution < -0.4 is 47.7 Å². The third-order valence-corrected chi connectivity index (χ3v) is 15.1. The number of nitrogens with two attached hydrogens (primary N) is 1. The third-order valence-electron chi connectivity index (χ3n) is 13.9. The van der Waals surface area contributed by atoms with E-state index in [1.165, 1.54) is 24.0 Å². The maximum absolute atomic E-state index is 14.9. The van der Waals surface area contributed by atoms with E-state index in [2.05, 4.69) is 42.2 Å². The number of fused-ring (bicyclic) bond motifs is 5. The molecule has 4 aliphatic rings. The number of carbonyl (C=O) groups is 11. The van der Waals surface area contributed by atoms with E-state index in [1.807, 2.05) is 0 Å². The number of aromatic nitrogens is 1. The van der Waals surface area contributed by atoms with Crippen LogP contribution in [0.1, 0.15) is 71.3 Å². The summed E-state index contributed by atoms with van der Waals surface area (Å²) < 4.78 is 6.09. The van der Waals surface area contributed by atoms with E-state index in [0.717, 1.165) is 29.5 Å². The Hall–Kier alpha value is -6.94. The van der Waals surface area contributed by atoms with Crippen LogP contribution in [0.2, 0.25) is 0 Å². The number of H-pyrrole nitrogens is 1. The number of nitrogens with one attached hydrogen (secondary N) is 8. The molecule has 0 aliphatic carbocycles. The van der Waals surface area contributed by atoms with Gasteiger partial charge in [0.2, 0.25) is 47.3 Å². The van der Waals surface area contributed by atoms with Crippen LogP contribution in [0.3, 0.4) is 0 Å². The van der Waals surface area contributed by atoms with Crippen molar-refractivity contribution < 1.29 is 72.8 Å². The molecule has 10 atom stereocenters. The number of nitrogens with zero attached hydrogens (tertiary/aromatic N) is 2. The highest BCUT2D eigenvalue weighted by molar-refractivity contribution is 7.99. The molecular weight excluding hydrogens is 1010 g/mol. The Morgan fingerprint density at radius 3 is 2.24 bits per heavy atom. The summed E-state index contributed by atoms with van der Waals surface area (Å²) in [5.74, 6) is -10.0. The molecule has 0 unspecified atom stereocenters. The molecule has 26 nitrogen and oxygen atoms in total. The number of carbonyl (C=O) groups excluding carboxylic acids is 11. The number of primary amides is 1. The number of imide groups is 1. The smallest absolute Gasteiger partial charge is 0.253 e. The van der Waals surface area contributed by atoms with Crippen molar-refractivity contribution in [2.45, 2.75) is 125 Å². The first-order valence-electron chi connectivity index (χ1n) is 25.2. The lowest BCUT2D eigenvalue weighted by Crippen LogP contribution is -2.69. The number of aromatic amines is 1. The second-order valence-corrected chi connectivity index (χ2v) is 20.5. The molecular formula is C49H67N11O15S. The number of amides is 10. The highest BCUT2D eigenvalue weighted by Crippen LogP contribution is 2.35. The fourth-order valence-corrected chi connectivity index (χ4v) is 10.5. The van der Waals surface area contributed by atoms with Gasteiger partial charge in [0.25, 0.3) is 11.8 Å². The quantitative estimate of drug-likeness (QED) is 0.0436. The number of thioether (sulfide) groups is 1. The molecule has 13 N–H and O–H groups in total. The fraction of sp³-hybridized carbons (Fsp3) is 0.571. The molecule has 1 fully saturated rings. The van der Waals surface area contributed by atoms with Crippen molar-refractivity contribution in [3.05, 3.63) is 35.9 Å². The van der Waals surface area contributed by atoms with E-state index in [9.17, 15) is 68.1 Å². The number of aldehydes is 1. The zero-order valence-electron chi connectivity index (χ0n) is 42.4. The van der Waals surface area contributed by atoms with Crippen molar-refractivity contribution in [3.8, 4) is 5.75 Å². The van der Waals surface area contributed by atoms with Gasteiger partial charge in [-0.25, -0.2) is 0 Å². The molecule has 5 heterocycles. The van der Waals surface area contributed by atoms with Gasteiger partial charge < -0.3 is 67.6 Å². The average molecular weight is 1080 g/mol. The molecule has 1 saturated heterocycles. The molecule has 6 rings (SSSR count). The Balaban J connectivity index is 1.44. The van der Waals surface area contributed by atoms with Gasteiger partial charge in [-0.15, -0.1) is 11.8 Å². The Bertz CT molecular complexity index is 2580. The largest absolute Gasteiger partial charge is 0.494 e. The fourth-order valence-electron chi connectivity index (χ4n) is 9.39. The van der Waals surface area contributed by atoms with Gasteiger partial charge in [0.05, 0.1) is 61.5 Å². The number of ether oxygens (including phenoxy) is 1. The van der Waals surface area contributed by atoms with Crippen LogP contribution in [0.4, 0.5) is 0 Å². The molecule has 2 aromatic rings. The van der Waals surface area contributed by atoms with Gasteiger partial charge in [-0.3, -0.25) is 63.0 Å². The molecule has 0 saturated carbocycles. The predicted molar refractivity (Wildman–Crippen MR) is 270 cm³/mol. The number of hydrogen-bond acceptors (Lipinski definition) is 17. The maximum atomic E-state index is 14.9. The lowest BCUT2D eigenvalue weighted by Gasteiger charge is -2.41. The molecule has 27 heteroatoms. The average Bonchev–Trinajstić information content (AvgIpc) is 4.03. The minimum atomic E-state index is -2.30. The molecule has 0 radical (unpaired) electrons. The van der Waals surface area contributed by atoms with Gasteiger partial charge in [-0.1, -0.05) is 40.0 Å². The normalized spacial score (nSPS) is 26.6. The molecule has 0 spiro atoms. The number of hydrogen-bond donors (Lipinski definition) is 12. The zero-order chi connectivity index (χ0) is 55.4. The van der Waals surface area contributed by atoms with Crippen LogP contribution in [0.15, 0.2) is 35.4 Å². The van der Waals surface area contributed by atoms with E-state index in [1.54, 1.807) is 32.0 Å². The molecule has 2 bridgehead atoms. The Kier molecular flexibility index (Phi) is 20.1. The number of aliphatic hydroxyl groups is 3. The molecule has 1 aromatic carbocycles. The first kappa shape index (κ1) is 58.3. The molecule has 4 aliphatic heterocycles. The highest BCUT2D eigenvalue weighted by atomic mass is 32.2. The Labute approximate surface area is 441 Å². The van der Waals surface area contributed by atoms with Gasteiger partial charge in [-0.2, -0.15) is 0 Å². The van der Waals surface area contributed by atoms with Gasteiger partial charge in [0.1, 0.15) is 29.9 Å². The number of benzene rings is 1. The maximum Gasteiger partial charge on any atom is 0.253 e. The third kappa shape index (κ3) is 14.3. The van der Waals surface area contributed by atoms with Crippen molar-refractivity contribution in [2.75, 3.05) is 45.1 Å². The topological polar surface area (TPSA) is 390 Å². The monoisotopic (exact) mass is 1080 g/mol. The summed E-state index contributed by atoms with van der Waals surface area (Å²) in [7, 11) is 0. The van der Waals surface area contributed by atoms with Crippen molar-refractivity contribution >= 4 is 88.0 Å². The van der Waals surface area contributed by atoms with E-state index >= 15 is 0 Å². The number of unbranched alkanes of at least 4 members (excludes halogenated alkanes) is 3. The summed E-state index contributed by atoms with van der Waals surface area (Å²) in [6, 6.07) is -2.92. The summed E-state index contributed by atoms with van der Waals surface area (Å²) in [4.78, 5) is 154. The van der Waals surface area contributed by atoms with E-state index in [0.29, 0.717) is 59.7 Å². The van der Waals surface area contributed by atoms with Gasteiger partial charge in [-0.05, 0) is 36.5 Å². The minimum absolute atomic E-state index is 0.223. The van der Waals surface area contributed by atoms with Crippen molar-refractivity contribution in [1.29, 1.82) is 0 Å². The molecule has 1 aromatic heterocycles. The van der Waals surface area contributed by atoms with E-state index in [4.69, 9.17) is 10.5 Å². The van der Waals surface area contributed by atoms with Gasteiger partial charge >= 0.3 is 0 Å². The SMILES string of the molecule is CC[C@H](C)[C@@H]1NC(=O)CNC(=O)[C@@H]2Cc3c([nH]c4cc(OCCCCCCN5C(=O)C=CC5=O)ccc34)SC[C@H](NC(=O)CNC1=O)C(=O)N[C@@H](CC(N)=O)C(=O)N1C[C@H](O)C[C@]1(C=O)N[C@@H]([C@@H](C)[C@@H](O)CO)C(=O)N2. The predicted octanol–water partition coefficient (Wildman–Crippen LogP) is -3.78. The van der Waals surface area contributed by atoms with Crippen LogP contribution in [-0.2, 0) is 59.2 Å². The van der Waals surface area contributed by atoms with Crippen LogP contribution in [0, 0.1) is 11.8 Å². The first-order chi connectivity index (χ1) is 36.2. The molecule has 10 amide bonds. The van der Waals surface area contributed by atoms with Crippen molar-refractivity contribution in [2.24, 2.45) is 17.6 Å². The summed E-state index contributed by atoms with van der Waals surface area (Å²) in [5.41, 5.74) is 4.13. The van der Waals surface area contributed by atoms with Crippen molar-refractivity contribution in [3.63, 3.8) is 0 Å². The Morgan fingerprint density at radius 2 is 1.57 bits per heavy atom. The standard InChI is InChI=1S/C49H67N11O15S/c1-4-25(2)41-45(72)52-19-37(66)53-34-23-76-47-30(29-10-9-28(15-31(29)56-47)75-14-8-6-5-7-13-59-39(68)11-12-40(59)69)16-32(43(70)51-20-38(67)57-41)54-46(73)42(26(3)35(64)22-61)58-49(24-62)18-27(63)21-60(49)48(74)33(17-36(50)65)55-44(34)71/h9-12,15,24-27,32-35,41-42,56,58,61,63-64H,4-8,13-14,16-23H2,1-3H3,(H2,50,65)(H,51,70)(H,52,72)(H,53,66)(H,54,73)(H,55,71)(H,57,67)/t25-,26-,27+,32-,33-,34-,35-,41-,42-,49-/m0/s1. The minimum Gasteiger partial charge on any atom is -0.494 e. The van der Waals surface area contributed by atoms with Gasteiger partial charge in [0.15, 0.2) is 11.9 Å². The lowest BCUT2D eigenvalue weighted by molar-refractivity contribution is -0.147. The lowest BCUT2D eigenvalue weighted by atomic mass is 9.92. The molecule has 414 valence electrons. The van der Waals surface area contributed by atoms with Crippen LogP contribution >= 0.6 is 11.8 Å². The highest BCUT2D eigenvalue weighted by Gasteiger charge is 2.52. The van der Waals surface area contributed by atoms with E-state index in [-0.39, 0.29) is 30.3 Å². The van der Waals surface area contributed by atoms with Crippen LogP contribution in [0.25, 0.3) is 10.9 Å². The van der Waals surface area contributed by atoms with E-state index < -0.39 is 146 Å².